The van der Waals surface area contributed by atoms with Crippen LogP contribution in [0.25, 0.3) is 11.1 Å². The molecule has 2 fully saturated rings. The van der Waals surface area contributed by atoms with Gasteiger partial charge in [-0.25, -0.2) is 14.4 Å². The van der Waals surface area contributed by atoms with Crippen LogP contribution >= 0.6 is 0 Å². The first kappa shape index (κ1) is 31.3. The van der Waals surface area contributed by atoms with Crippen molar-refractivity contribution >= 4 is 23.2 Å². The molecule has 5 rings (SSSR count). The van der Waals surface area contributed by atoms with Crippen LogP contribution in [0.4, 0.5) is 34.9 Å². The van der Waals surface area contributed by atoms with Crippen molar-refractivity contribution in [3.8, 4) is 11.1 Å². The van der Waals surface area contributed by atoms with Crippen molar-refractivity contribution in [2.45, 2.75) is 19.1 Å². The molecule has 2 aliphatic heterocycles. The number of carbonyl (C=O) groups is 1. The molecule has 1 atom stereocenters. The highest BCUT2D eigenvalue weighted by molar-refractivity contribution is 6.07. The first-order chi connectivity index (χ1) is 21.0. The Morgan fingerprint density at radius 1 is 1.11 bits per heavy atom. The van der Waals surface area contributed by atoms with Crippen molar-refractivity contribution < 1.29 is 31.8 Å². The van der Waals surface area contributed by atoms with Crippen molar-refractivity contribution in [2.24, 2.45) is 0 Å². The first-order valence-electron chi connectivity index (χ1n) is 14.1. The number of alkyl halides is 3. The highest BCUT2D eigenvalue weighted by atomic mass is 19.4. The lowest BCUT2D eigenvalue weighted by Crippen LogP contribution is -2.46. The molecule has 15 heteroatoms. The molecule has 0 radical (unpaired) electrons. The molecule has 3 aromatic rings. The normalized spacial score (nSPS) is 17.9. The summed E-state index contributed by atoms with van der Waals surface area (Å²) in [6.07, 6.45) is -1.33. The smallest absolute Gasteiger partial charge is 0.379 e. The Hall–Kier alpha value is -4.08. The largest absolute Gasteiger partial charge is 0.417 e. The number of nitrogens with one attached hydrogen (secondary N) is 2. The van der Waals surface area contributed by atoms with E-state index in [-0.39, 0.29) is 23.0 Å². The average molecular weight is 620 g/mol. The number of benzene rings is 1. The summed E-state index contributed by atoms with van der Waals surface area (Å²) in [4.78, 5) is 41.6. The zero-order chi connectivity index (χ0) is 31.4. The molecular weight excluding hydrogens is 586 g/mol. The highest BCUT2D eigenvalue weighted by Gasteiger charge is 2.36. The van der Waals surface area contributed by atoms with Gasteiger partial charge < -0.3 is 29.6 Å². The number of amides is 1. The number of hydrogen-bond acceptors (Lipinski definition) is 9. The summed E-state index contributed by atoms with van der Waals surface area (Å²) in [6, 6.07) is 3.08. The minimum Gasteiger partial charge on any atom is -0.379 e. The molecule has 2 saturated heterocycles. The summed E-state index contributed by atoms with van der Waals surface area (Å²) in [7, 11) is 1.70. The molecule has 44 heavy (non-hydrogen) atoms. The van der Waals surface area contributed by atoms with E-state index in [9.17, 15) is 22.8 Å². The monoisotopic (exact) mass is 619 g/mol. The van der Waals surface area contributed by atoms with Gasteiger partial charge in [-0.15, -0.1) is 0 Å². The maximum Gasteiger partial charge on any atom is 0.417 e. The minimum atomic E-state index is -4.96. The van der Waals surface area contributed by atoms with E-state index >= 15 is 4.39 Å². The second kappa shape index (κ2) is 13.3. The number of H-pyrrole nitrogens is 1. The number of anilines is 3. The Labute approximate surface area is 250 Å². The molecule has 1 aromatic carbocycles. The Kier molecular flexibility index (Phi) is 9.46. The van der Waals surface area contributed by atoms with Crippen molar-refractivity contribution in [3.63, 3.8) is 0 Å². The first-order valence-corrected chi connectivity index (χ1v) is 14.1. The number of hydrogen-bond donors (Lipinski definition) is 2. The van der Waals surface area contributed by atoms with E-state index < -0.39 is 34.6 Å². The summed E-state index contributed by atoms with van der Waals surface area (Å²) in [5.74, 6) is -1.30. The maximum absolute atomic E-state index is 15.7. The lowest BCUT2D eigenvalue weighted by molar-refractivity contribution is -0.138. The molecule has 2 aliphatic rings. The Bertz CT molecular complexity index is 1530. The molecule has 0 spiro atoms. The number of aromatic nitrogens is 3. The van der Waals surface area contributed by atoms with E-state index in [4.69, 9.17) is 9.47 Å². The number of ether oxygens (including phenoxy) is 2. The second-order valence-corrected chi connectivity index (χ2v) is 10.7. The van der Waals surface area contributed by atoms with Gasteiger partial charge in [0.2, 0.25) is 11.5 Å². The maximum atomic E-state index is 15.7. The molecule has 2 aromatic heterocycles. The fourth-order valence-corrected chi connectivity index (χ4v) is 5.16. The van der Waals surface area contributed by atoms with Gasteiger partial charge in [-0.05, 0) is 19.1 Å². The van der Waals surface area contributed by atoms with Gasteiger partial charge in [-0.2, -0.15) is 13.2 Å². The molecule has 1 unspecified atom stereocenters. The third kappa shape index (κ3) is 7.17. The Morgan fingerprint density at radius 2 is 1.82 bits per heavy atom. The molecule has 1 amide bonds. The fraction of sp³-hybridized carbons (Fsp3) is 0.448. The number of halogens is 4. The molecular formula is C29H33F4N7O4. The van der Waals surface area contributed by atoms with Crippen LogP contribution in [0.3, 0.4) is 0 Å². The summed E-state index contributed by atoms with van der Waals surface area (Å²) in [5.41, 5.74) is -2.49. The van der Waals surface area contributed by atoms with Crippen molar-refractivity contribution in [1.29, 1.82) is 0 Å². The molecule has 2 N–H and O–H groups in total. The van der Waals surface area contributed by atoms with Gasteiger partial charge in [-0.3, -0.25) is 14.5 Å². The topological polar surface area (TPSA) is 116 Å². The summed E-state index contributed by atoms with van der Waals surface area (Å²) in [5, 5.41) is 2.52. The second-order valence-electron chi connectivity index (χ2n) is 10.7. The average Bonchev–Trinajstić information content (AvgIpc) is 3.01. The van der Waals surface area contributed by atoms with E-state index in [0.29, 0.717) is 76.4 Å². The summed E-state index contributed by atoms with van der Waals surface area (Å²) in [6.45, 7) is 7.25. The predicted molar refractivity (Wildman–Crippen MR) is 156 cm³/mol. The predicted octanol–water partition coefficient (Wildman–Crippen LogP) is 3.24. The van der Waals surface area contributed by atoms with Gasteiger partial charge in [0, 0.05) is 81.6 Å². The molecule has 11 nitrogen and oxygen atoms in total. The van der Waals surface area contributed by atoms with Crippen molar-refractivity contribution in [2.75, 3.05) is 81.3 Å². The number of aromatic amines is 1. The standard InChI is InChI=1S/C29H33F4N7O4/c1-18-17-44-10-5-39(18)4-3-38(2)25-13-23(30)20(19-14-35-28(36-15-19)40-6-8-43-9-7-40)11-24(25)37-27(42)21-16-34-26(41)12-22(21)29(31,32)33/h11-16,18H,3-10,17H2,1-2H3,(H,34,41)(H,37,42). The van der Waals surface area contributed by atoms with Crippen molar-refractivity contribution in [3.05, 3.63) is 64.1 Å². The number of carbonyl (C=O) groups excluding carboxylic acids is 1. The van der Waals surface area contributed by atoms with Crippen LogP contribution in [-0.4, -0.2) is 98.0 Å². The number of nitrogens with zero attached hydrogens (tertiary/aromatic N) is 5. The van der Waals surface area contributed by atoms with E-state index in [0.717, 1.165) is 6.54 Å². The van der Waals surface area contributed by atoms with Crippen LogP contribution in [0.1, 0.15) is 22.8 Å². The third-order valence-corrected chi connectivity index (χ3v) is 7.69. The SMILES string of the molecule is CC1COCCN1CCN(C)c1cc(F)c(-c2cnc(N3CCOCC3)nc2)cc1NC(=O)c1c[nH]c(=O)cc1C(F)(F)F. The van der Waals surface area contributed by atoms with Gasteiger partial charge in [0.05, 0.1) is 48.9 Å². The lowest BCUT2D eigenvalue weighted by Gasteiger charge is -2.35. The molecule has 0 saturated carbocycles. The lowest BCUT2D eigenvalue weighted by atomic mass is 10.0. The summed E-state index contributed by atoms with van der Waals surface area (Å²) < 4.78 is 67.7. The quantitative estimate of drug-likeness (QED) is 0.367. The van der Waals surface area contributed by atoms with Crippen molar-refractivity contribution in [1.82, 2.24) is 19.9 Å². The van der Waals surface area contributed by atoms with Gasteiger partial charge >= 0.3 is 6.18 Å². The van der Waals surface area contributed by atoms with Crippen LogP contribution in [-0.2, 0) is 15.7 Å². The van der Waals surface area contributed by atoms with Gasteiger partial charge in [0.15, 0.2) is 0 Å². The Balaban J connectivity index is 1.48. The number of rotatable bonds is 8. The van der Waals surface area contributed by atoms with E-state index in [1.165, 1.54) is 24.5 Å². The van der Waals surface area contributed by atoms with Crippen LogP contribution < -0.4 is 20.7 Å². The molecule has 4 heterocycles. The van der Waals surface area contributed by atoms with Gasteiger partial charge in [0.25, 0.3) is 5.91 Å². The van der Waals surface area contributed by atoms with Crippen LogP contribution in [0, 0.1) is 5.82 Å². The van der Waals surface area contributed by atoms with Gasteiger partial charge in [0.1, 0.15) is 5.82 Å². The van der Waals surface area contributed by atoms with E-state index in [1.807, 2.05) is 11.8 Å². The zero-order valence-electron chi connectivity index (χ0n) is 24.3. The fourth-order valence-electron chi connectivity index (χ4n) is 5.16. The van der Waals surface area contributed by atoms with Crippen LogP contribution in [0.15, 0.2) is 41.6 Å². The van der Waals surface area contributed by atoms with Crippen LogP contribution in [0.5, 0.6) is 0 Å². The number of likely N-dealkylation sites (N-methyl/N-ethyl adjacent to an activating group) is 1. The van der Waals surface area contributed by atoms with E-state index in [1.54, 1.807) is 11.9 Å². The number of pyridine rings is 1. The highest BCUT2D eigenvalue weighted by Crippen LogP contribution is 2.36. The third-order valence-electron chi connectivity index (χ3n) is 7.69. The molecule has 236 valence electrons. The van der Waals surface area contributed by atoms with Crippen LogP contribution in [0.2, 0.25) is 0 Å². The summed E-state index contributed by atoms with van der Waals surface area (Å²) >= 11 is 0. The number of morpholine rings is 2. The molecule has 0 bridgehead atoms. The Morgan fingerprint density at radius 3 is 2.50 bits per heavy atom. The molecule has 0 aliphatic carbocycles. The van der Waals surface area contributed by atoms with E-state index in [2.05, 4.69) is 25.2 Å². The van der Waals surface area contributed by atoms with Gasteiger partial charge in [-0.1, -0.05) is 0 Å². The zero-order valence-corrected chi connectivity index (χ0v) is 24.3. The minimum absolute atomic E-state index is 0.0466.